The lowest BCUT2D eigenvalue weighted by Gasteiger charge is -1.98. The van der Waals surface area contributed by atoms with Crippen LogP contribution < -0.4 is 0 Å². The third-order valence-corrected chi connectivity index (χ3v) is 1.78. The van der Waals surface area contributed by atoms with E-state index in [1.807, 2.05) is 39.0 Å². The first-order valence-electron chi connectivity index (χ1n) is 4.27. The van der Waals surface area contributed by atoms with E-state index in [1.165, 1.54) is 17.4 Å². The monoisotopic (exact) mass is 175 g/mol. The number of hydrogen-bond acceptors (Lipinski definition) is 1. The van der Waals surface area contributed by atoms with E-state index < -0.39 is 0 Å². The minimum absolute atomic E-state index is 0.962. The fourth-order valence-electron chi connectivity index (χ4n) is 0.841. The highest BCUT2D eigenvalue weighted by atomic mass is 14.3. The maximum absolute atomic E-state index is 7.03. The van der Waals surface area contributed by atoms with Crippen molar-refractivity contribution in [1.29, 1.82) is 5.41 Å². The summed E-state index contributed by atoms with van der Waals surface area (Å²) < 4.78 is 0. The zero-order valence-electron chi connectivity index (χ0n) is 8.59. The maximum atomic E-state index is 7.03. The molecule has 0 aliphatic carbocycles. The highest BCUT2D eigenvalue weighted by Crippen LogP contribution is 2.08. The topological polar surface area (TPSA) is 23.9 Å². The summed E-state index contributed by atoms with van der Waals surface area (Å²) in [5.74, 6) is 0. The predicted octanol–water partition coefficient (Wildman–Crippen LogP) is 3.66. The van der Waals surface area contributed by atoms with Crippen molar-refractivity contribution >= 4 is 6.21 Å². The SMILES string of the molecule is C=C\C=C/C(C)=C(C)/C=C(/C)C=N. The summed E-state index contributed by atoms with van der Waals surface area (Å²) in [5, 5.41) is 7.03. The standard InChI is InChI=1S/C12H17N/c1-5-6-7-11(3)12(4)8-10(2)9-13/h5-9,13H,1H2,2-4H3/b7-6-,10-8-,12-11+,13-9?. The smallest absolute Gasteiger partial charge is 0.0207 e. The Morgan fingerprint density at radius 3 is 2.23 bits per heavy atom. The van der Waals surface area contributed by atoms with Gasteiger partial charge in [-0.2, -0.15) is 0 Å². The summed E-state index contributed by atoms with van der Waals surface area (Å²) >= 11 is 0. The Balaban J connectivity index is 4.71. The van der Waals surface area contributed by atoms with E-state index in [0.29, 0.717) is 0 Å². The molecule has 1 N–H and O–H groups in total. The molecule has 1 nitrogen and oxygen atoms in total. The minimum atomic E-state index is 0.962. The number of allylic oxidation sites excluding steroid dienone is 7. The quantitative estimate of drug-likeness (QED) is 0.498. The molecule has 0 saturated carbocycles. The fourth-order valence-corrected chi connectivity index (χ4v) is 0.841. The molecule has 0 spiro atoms. The van der Waals surface area contributed by atoms with Gasteiger partial charge in [0.05, 0.1) is 0 Å². The van der Waals surface area contributed by atoms with E-state index >= 15 is 0 Å². The molecule has 0 radical (unpaired) electrons. The molecule has 0 aliphatic heterocycles. The highest BCUT2D eigenvalue weighted by molar-refractivity contribution is 5.75. The zero-order chi connectivity index (χ0) is 10.3. The lowest BCUT2D eigenvalue weighted by Crippen LogP contribution is -1.80. The van der Waals surface area contributed by atoms with Crippen LogP contribution in [0.4, 0.5) is 0 Å². The van der Waals surface area contributed by atoms with Crippen LogP contribution in [0.3, 0.4) is 0 Å². The second-order valence-electron chi connectivity index (χ2n) is 2.99. The van der Waals surface area contributed by atoms with Crippen LogP contribution >= 0.6 is 0 Å². The van der Waals surface area contributed by atoms with Crippen LogP contribution in [-0.4, -0.2) is 6.21 Å². The van der Waals surface area contributed by atoms with Gasteiger partial charge in [0.1, 0.15) is 0 Å². The predicted molar refractivity (Wildman–Crippen MR) is 60.3 cm³/mol. The normalized spacial score (nSPS) is 14.2. The van der Waals surface area contributed by atoms with Crippen LogP contribution in [0.2, 0.25) is 0 Å². The van der Waals surface area contributed by atoms with Gasteiger partial charge in [-0.3, -0.25) is 0 Å². The summed E-state index contributed by atoms with van der Waals surface area (Å²) in [5.41, 5.74) is 3.34. The summed E-state index contributed by atoms with van der Waals surface area (Å²) in [7, 11) is 0. The number of nitrogens with one attached hydrogen (secondary N) is 1. The third kappa shape index (κ3) is 4.96. The van der Waals surface area contributed by atoms with Crippen molar-refractivity contribution in [3.05, 3.63) is 47.6 Å². The first kappa shape index (κ1) is 11.6. The van der Waals surface area contributed by atoms with Crippen LogP contribution in [0, 0.1) is 5.41 Å². The van der Waals surface area contributed by atoms with Crippen LogP contribution in [0.1, 0.15) is 20.8 Å². The molecular formula is C12H17N. The molecule has 0 amide bonds. The molecule has 0 bridgehead atoms. The zero-order valence-corrected chi connectivity index (χ0v) is 8.59. The van der Waals surface area contributed by atoms with Gasteiger partial charge in [-0.25, -0.2) is 0 Å². The second kappa shape index (κ2) is 6.18. The lowest BCUT2D eigenvalue weighted by molar-refractivity contribution is 1.35. The third-order valence-electron chi connectivity index (χ3n) is 1.78. The van der Waals surface area contributed by atoms with Crippen LogP contribution in [0.5, 0.6) is 0 Å². The molecule has 0 saturated heterocycles. The van der Waals surface area contributed by atoms with Gasteiger partial charge >= 0.3 is 0 Å². The Hall–Kier alpha value is -1.37. The van der Waals surface area contributed by atoms with Gasteiger partial charge < -0.3 is 5.41 Å². The van der Waals surface area contributed by atoms with Crippen LogP contribution in [0.15, 0.2) is 47.6 Å². The van der Waals surface area contributed by atoms with Gasteiger partial charge in [-0.15, -0.1) is 0 Å². The van der Waals surface area contributed by atoms with Crippen molar-refractivity contribution in [1.82, 2.24) is 0 Å². The van der Waals surface area contributed by atoms with Crippen LogP contribution in [0.25, 0.3) is 0 Å². The van der Waals surface area contributed by atoms with Gasteiger partial charge in [0, 0.05) is 6.21 Å². The molecule has 0 aliphatic rings. The van der Waals surface area contributed by atoms with Crippen LogP contribution in [-0.2, 0) is 0 Å². The molecule has 70 valence electrons. The Morgan fingerprint density at radius 2 is 1.77 bits per heavy atom. The first-order chi connectivity index (χ1) is 6.11. The van der Waals surface area contributed by atoms with Gasteiger partial charge in [0.2, 0.25) is 0 Å². The summed E-state index contributed by atoms with van der Waals surface area (Å²) in [6.07, 6.45) is 9.02. The molecule has 0 atom stereocenters. The van der Waals surface area contributed by atoms with E-state index in [-0.39, 0.29) is 0 Å². The average Bonchev–Trinajstić information content (AvgIpc) is 2.13. The van der Waals surface area contributed by atoms with Crippen molar-refractivity contribution in [2.75, 3.05) is 0 Å². The first-order valence-corrected chi connectivity index (χ1v) is 4.27. The summed E-state index contributed by atoms with van der Waals surface area (Å²) in [6, 6.07) is 0. The van der Waals surface area contributed by atoms with E-state index in [9.17, 15) is 0 Å². The Morgan fingerprint density at radius 1 is 1.15 bits per heavy atom. The molecule has 0 aromatic carbocycles. The van der Waals surface area contributed by atoms with E-state index in [0.717, 1.165) is 5.57 Å². The molecule has 0 heterocycles. The van der Waals surface area contributed by atoms with Gasteiger partial charge in [0.25, 0.3) is 0 Å². The Kier molecular flexibility index (Phi) is 5.53. The van der Waals surface area contributed by atoms with Crippen molar-refractivity contribution in [3.63, 3.8) is 0 Å². The van der Waals surface area contributed by atoms with Crippen molar-refractivity contribution in [2.45, 2.75) is 20.8 Å². The van der Waals surface area contributed by atoms with Crippen molar-refractivity contribution in [3.8, 4) is 0 Å². The molecule has 0 aromatic rings. The maximum Gasteiger partial charge on any atom is 0.0207 e. The van der Waals surface area contributed by atoms with E-state index in [1.54, 1.807) is 6.08 Å². The highest BCUT2D eigenvalue weighted by Gasteiger charge is 1.89. The molecule has 0 rings (SSSR count). The fraction of sp³-hybridized carbons (Fsp3) is 0.250. The van der Waals surface area contributed by atoms with E-state index in [4.69, 9.17) is 5.41 Å². The number of rotatable bonds is 4. The van der Waals surface area contributed by atoms with Gasteiger partial charge in [-0.05, 0) is 37.5 Å². The molecule has 13 heavy (non-hydrogen) atoms. The molecule has 0 unspecified atom stereocenters. The van der Waals surface area contributed by atoms with Gasteiger partial charge in [-0.1, -0.05) is 30.9 Å². The summed E-state index contributed by atoms with van der Waals surface area (Å²) in [6.45, 7) is 9.61. The molecule has 0 aromatic heterocycles. The average molecular weight is 175 g/mol. The molecule has 1 heteroatoms. The minimum Gasteiger partial charge on any atom is -0.308 e. The van der Waals surface area contributed by atoms with Crippen molar-refractivity contribution in [2.24, 2.45) is 0 Å². The largest absolute Gasteiger partial charge is 0.308 e. The second-order valence-corrected chi connectivity index (χ2v) is 2.99. The van der Waals surface area contributed by atoms with E-state index in [2.05, 4.69) is 6.58 Å². The van der Waals surface area contributed by atoms with Gasteiger partial charge in [0.15, 0.2) is 0 Å². The molecule has 0 fully saturated rings. The number of hydrogen-bond donors (Lipinski definition) is 1. The summed E-state index contributed by atoms with van der Waals surface area (Å²) in [4.78, 5) is 0. The lowest BCUT2D eigenvalue weighted by atomic mass is 10.1. The Labute approximate surface area is 80.7 Å². The van der Waals surface area contributed by atoms with Crippen molar-refractivity contribution < 1.29 is 0 Å². The molecular weight excluding hydrogens is 158 g/mol. The Bertz CT molecular complexity index is 277.